The molecule has 0 N–H and O–H groups in total. The minimum atomic E-state index is -0.838. The van der Waals surface area contributed by atoms with Gasteiger partial charge in [-0.15, -0.1) is 0 Å². The first-order chi connectivity index (χ1) is 7.51. The number of nitro benzene ring substituents is 1. The van der Waals surface area contributed by atoms with Crippen LogP contribution in [0.4, 0.5) is 5.69 Å². The minimum absolute atomic E-state index is 0.222. The van der Waals surface area contributed by atoms with Crippen LogP contribution < -0.4 is 0 Å². The Labute approximate surface area is 91.0 Å². The minimum Gasteiger partial charge on any atom is -0.465 e. The van der Waals surface area contributed by atoms with Crippen molar-refractivity contribution in [3.8, 4) is 0 Å². The molecular weight excluding hydrogens is 214 g/mol. The Balaban J connectivity index is 3.48. The predicted octanol–water partition coefficient (Wildman–Crippen LogP) is 1.50. The Morgan fingerprint density at radius 1 is 1.50 bits per heavy atom. The number of aldehydes is 1. The summed E-state index contributed by atoms with van der Waals surface area (Å²) in [5, 5.41) is 10.7. The summed E-state index contributed by atoms with van der Waals surface area (Å²) in [6.07, 6.45) is 0.533. The van der Waals surface area contributed by atoms with Crippen molar-refractivity contribution in [1.29, 1.82) is 0 Å². The van der Waals surface area contributed by atoms with Crippen molar-refractivity contribution in [3.63, 3.8) is 0 Å². The maximum atomic E-state index is 11.3. The highest BCUT2D eigenvalue weighted by Gasteiger charge is 2.22. The highest BCUT2D eigenvalue weighted by Crippen LogP contribution is 2.23. The summed E-state index contributed by atoms with van der Waals surface area (Å²) in [5.74, 6) is -0.838. The van der Waals surface area contributed by atoms with E-state index in [9.17, 15) is 19.7 Å². The van der Waals surface area contributed by atoms with Gasteiger partial charge in [0, 0.05) is 11.6 Å². The first-order valence-electron chi connectivity index (χ1n) is 4.33. The average molecular weight is 223 g/mol. The summed E-state index contributed by atoms with van der Waals surface area (Å²) >= 11 is 0. The van der Waals surface area contributed by atoms with E-state index in [-0.39, 0.29) is 16.8 Å². The van der Waals surface area contributed by atoms with Crippen molar-refractivity contribution in [2.24, 2.45) is 0 Å². The molecule has 0 bridgehead atoms. The van der Waals surface area contributed by atoms with Crippen LogP contribution in [0.3, 0.4) is 0 Å². The first-order valence-corrected chi connectivity index (χ1v) is 4.33. The summed E-state index contributed by atoms with van der Waals surface area (Å²) in [5.41, 5.74) is 0.0792. The normalized spacial score (nSPS) is 9.62. The van der Waals surface area contributed by atoms with E-state index < -0.39 is 10.9 Å². The van der Waals surface area contributed by atoms with E-state index in [1.165, 1.54) is 6.07 Å². The summed E-state index contributed by atoms with van der Waals surface area (Å²) in [6, 6.07) is 2.34. The molecule has 84 valence electrons. The smallest absolute Gasteiger partial charge is 0.344 e. The van der Waals surface area contributed by atoms with Crippen LogP contribution in [0.25, 0.3) is 0 Å². The number of carbonyl (C=O) groups excluding carboxylic acids is 2. The molecule has 1 aromatic rings. The van der Waals surface area contributed by atoms with Gasteiger partial charge in [-0.25, -0.2) is 4.79 Å². The highest BCUT2D eigenvalue weighted by molar-refractivity contribution is 5.96. The fraction of sp³-hybridized carbons (Fsp3) is 0.200. The van der Waals surface area contributed by atoms with Gasteiger partial charge in [0.05, 0.1) is 12.0 Å². The molecular formula is C10H9NO5. The molecule has 6 nitrogen and oxygen atoms in total. The number of ether oxygens (including phenoxy) is 1. The van der Waals surface area contributed by atoms with E-state index in [0.717, 1.165) is 13.2 Å². The van der Waals surface area contributed by atoms with Gasteiger partial charge in [0.2, 0.25) is 0 Å². The van der Waals surface area contributed by atoms with Gasteiger partial charge in [0.1, 0.15) is 11.8 Å². The lowest BCUT2D eigenvalue weighted by Crippen LogP contribution is -2.07. The standard InChI is InChI=1S/C10H9NO5/c1-6-3-9(11(14)15)8(10(13)16-2)4-7(6)5-12/h3-5H,1-2H3. The number of esters is 1. The number of hydrogen-bond donors (Lipinski definition) is 0. The van der Waals surface area contributed by atoms with Crippen molar-refractivity contribution in [3.05, 3.63) is 38.9 Å². The quantitative estimate of drug-likeness (QED) is 0.335. The zero-order valence-electron chi connectivity index (χ0n) is 8.72. The number of nitro groups is 1. The summed E-state index contributed by atoms with van der Waals surface area (Å²) in [4.78, 5) is 31.9. The average Bonchev–Trinajstić information content (AvgIpc) is 2.27. The van der Waals surface area contributed by atoms with Crippen LogP contribution in [-0.4, -0.2) is 24.3 Å². The lowest BCUT2D eigenvalue weighted by atomic mass is 10.0. The van der Waals surface area contributed by atoms with Gasteiger partial charge in [-0.05, 0) is 18.6 Å². The molecule has 0 spiro atoms. The molecule has 1 aromatic carbocycles. The fourth-order valence-corrected chi connectivity index (χ4v) is 1.26. The van der Waals surface area contributed by atoms with Crippen molar-refractivity contribution >= 4 is 17.9 Å². The number of methoxy groups -OCH3 is 1. The number of carbonyl (C=O) groups is 2. The molecule has 0 unspecified atom stereocenters. The molecule has 0 aliphatic heterocycles. The summed E-state index contributed by atoms with van der Waals surface area (Å²) < 4.78 is 4.41. The first kappa shape index (κ1) is 11.8. The Morgan fingerprint density at radius 2 is 2.12 bits per heavy atom. The SMILES string of the molecule is COC(=O)c1cc(C=O)c(C)cc1[N+](=O)[O-]. The van der Waals surface area contributed by atoms with E-state index >= 15 is 0 Å². The molecule has 6 heteroatoms. The third-order valence-electron chi connectivity index (χ3n) is 2.11. The molecule has 0 aliphatic rings. The summed E-state index contributed by atoms with van der Waals surface area (Å²) in [6.45, 7) is 1.55. The molecule has 0 saturated carbocycles. The van der Waals surface area contributed by atoms with Crippen molar-refractivity contribution < 1.29 is 19.2 Å². The zero-order valence-corrected chi connectivity index (χ0v) is 8.72. The van der Waals surface area contributed by atoms with E-state index in [1.807, 2.05) is 0 Å². The number of aryl methyl sites for hydroxylation is 1. The molecule has 1 rings (SSSR count). The van der Waals surface area contributed by atoms with Gasteiger partial charge in [0.25, 0.3) is 5.69 Å². The number of rotatable bonds is 3. The molecule has 0 heterocycles. The van der Waals surface area contributed by atoms with Gasteiger partial charge in [-0.3, -0.25) is 14.9 Å². The molecule has 0 atom stereocenters. The van der Waals surface area contributed by atoms with Crippen LogP contribution in [0.2, 0.25) is 0 Å². The van der Waals surface area contributed by atoms with Crippen LogP contribution in [-0.2, 0) is 4.74 Å². The van der Waals surface area contributed by atoms with Gasteiger partial charge in [-0.2, -0.15) is 0 Å². The number of hydrogen-bond acceptors (Lipinski definition) is 5. The lowest BCUT2D eigenvalue weighted by molar-refractivity contribution is -0.385. The Kier molecular flexibility index (Phi) is 3.34. The highest BCUT2D eigenvalue weighted by atomic mass is 16.6. The maximum Gasteiger partial charge on any atom is 0.344 e. The van der Waals surface area contributed by atoms with Crippen LogP contribution >= 0.6 is 0 Å². The molecule has 0 aliphatic carbocycles. The van der Waals surface area contributed by atoms with E-state index in [4.69, 9.17) is 0 Å². The van der Waals surface area contributed by atoms with Crippen LogP contribution in [0.1, 0.15) is 26.3 Å². The number of benzene rings is 1. The molecule has 0 fully saturated rings. The van der Waals surface area contributed by atoms with Crippen LogP contribution in [0, 0.1) is 17.0 Å². The largest absolute Gasteiger partial charge is 0.465 e. The summed E-state index contributed by atoms with van der Waals surface area (Å²) in [7, 11) is 1.12. The molecule has 0 radical (unpaired) electrons. The molecule has 0 amide bonds. The monoisotopic (exact) mass is 223 g/mol. The second-order valence-electron chi connectivity index (χ2n) is 3.09. The lowest BCUT2D eigenvalue weighted by Gasteiger charge is -2.04. The Morgan fingerprint density at radius 3 is 2.56 bits per heavy atom. The van der Waals surface area contributed by atoms with E-state index in [0.29, 0.717) is 11.8 Å². The zero-order chi connectivity index (χ0) is 12.3. The van der Waals surface area contributed by atoms with Gasteiger partial charge < -0.3 is 4.74 Å². The second kappa shape index (κ2) is 4.52. The topological polar surface area (TPSA) is 86.5 Å². The molecule has 0 aromatic heterocycles. The third-order valence-corrected chi connectivity index (χ3v) is 2.11. The van der Waals surface area contributed by atoms with Crippen molar-refractivity contribution in [2.45, 2.75) is 6.92 Å². The van der Waals surface area contributed by atoms with Gasteiger partial charge in [0.15, 0.2) is 0 Å². The van der Waals surface area contributed by atoms with Crippen molar-refractivity contribution in [1.82, 2.24) is 0 Å². The van der Waals surface area contributed by atoms with Crippen LogP contribution in [0.15, 0.2) is 12.1 Å². The Bertz CT molecular complexity index is 467. The maximum absolute atomic E-state index is 11.3. The molecule has 16 heavy (non-hydrogen) atoms. The van der Waals surface area contributed by atoms with Crippen molar-refractivity contribution in [2.75, 3.05) is 7.11 Å². The van der Waals surface area contributed by atoms with Gasteiger partial charge in [-0.1, -0.05) is 0 Å². The third kappa shape index (κ3) is 2.05. The van der Waals surface area contributed by atoms with Crippen LogP contribution in [0.5, 0.6) is 0 Å². The van der Waals surface area contributed by atoms with E-state index in [2.05, 4.69) is 4.74 Å². The van der Waals surface area contributed by atoms with E-state index in [1.54, 1.807) is 6.92 Å². The predicted molar refractivity (Wildman–Crippen MR) is 54.6 cm³/mol. The number of nitrogens with zero attached hydrogens (tertiary/aromatic N) is 1. The fourth-order valence-electron chi connectivity index (χ4n) is 1.26. The molecule has 0 saturated heterocycles. The van der Waals surface area contributed by atoms with Gasteiger partial charge >= 0.3 is 5.97 Å². The second-order valence-corrected chi connectivity index (χ2v) is 3.09. The Hall–Kier alpha value is -2.24.